The lowest BCUT2D eigenvalue weighted by atomic mass is 9.85. The van der Waals surface area contributed by atoms with Gasteiger partial charge in [0, 0.05) is 18.6 Å². The number of nitrogens with zero attached hydrogens (tertiary/aromatic N) is 1. The van der Waals surface area contributed by atoms with Crippen LogP contribution in [0.1, 0.15) is 19.3 Å². The first-order valence-corrected chi connectivity index (χ1v) is 7.46. The van der Waals surface area contributed by atoms with E-state index in [2.05, 4.69) is 4.90 Å². The van der Waals surface area contributed by atoms with Crippen LogP contribution in [0.2, 0.25) is 0 Å². The van der Waals surface area contributed by atoms with E-state index in [1.54, 1.807) is 0 Å². The standard InChI is InChI=1S/C10H20N2O2S/c1-12(5-8-3-2-4-8)10-7-15(13,14)6-9(10)11/h8-10H,2-7,11H2,1H3. The predicted octanol–water partition coefficient (Wildman–Crippen LogP) is -0.157. The van der Waals surface area contributed by atoms with Gasteiger partial charge < -0.3 is 10.6 Å². The Kier molecular flexibility index (Phi) is 3.05. The van der Waals surface area contributed by atoms with Crippen molar-refractivity contribution in [2.45, 2.75) is 31.3 Å². The van der Waals surface area contributed by atoms with Crippen molar-refractivity contribution in [2.24, 2.45) is 11.7 Å². The molecule has 15 heavy (non-hydrogen) atoms. The Morgan fingerprint density at radius 1 is 1.33 bits per heavy atom. The fourth-order valence-corrected chi connectivity index (χ4v) is 4.49. The number of sulfone groups is 1. The summed E-state index contributed by atoms with van der Waals surface area (Å²) in [5.41, 5.74) is 5.87. The van der Waals surface area contributed by atoms with Crippen molar-refractivity contribution < 1.29 is 8.42 Å². The van der Waals surface area contributed by atoms with Gasteiger partial charge in [-0.1, -0.05) is 6.42 Å². The van der Waals surface area contributed by atoms with Crippen LogP contribution in [0.5, 0.6) is 0 Å². The van der Waals surface area contributed by atoms with Crippen molar-refractivity contribution in [1.29, 1.82) is 0 Å². The Morgan fingerprint density at radius 3 is 2.40 bits per heavy atom. The molecule has 1 aliphatic heterocycles. The fraction of sp³-hybridized carbons (Fsp3) is 1.00. The third kappa shape index (κ3) is 2.52. The Bertz CT molecular complexity index is 324. The van der Waals surface area contributed by atoms with E-state index in [0.29, 0.717) is 0 Å². The minimum absolute atomic E-state index is 0.0376. The smallest absolute Gasteiger partial charge is 0.153 e. The van der Waals surface area contributed by atoms with Crippen LogP contribution >= 0.6 is 0 Å². The highest BCUT2D eigenvalue weighted by Crippen LogP contribution is 2.28. The lowest BCUT2D eigenvalue weighted by Gasteiger charge is -2.34. The minimum Gasteiger partial charge on any atom is -0.325 e. The zero-order chi connectivity index (χ0) is 11.1. The molecule has 0 spiro atoms. The molecule has 2 atom stereocenters. The fourth-order valence-electron chi connectivity index (χ4n) is 2.53. The van der Waals surface area contributed by atoms with E-state index in [9.17, 15) is 8.42 Å². The number of hydrogen-bond acceptors (Lipinski definition) is 4. The van der Waals surface area contributed by atoms with E-state index < -0.39 is 9.84 Å². The van der Waals surface area contributed by atoms with Gasteiger partial charge in [0.2, 0.25) is 0 Å². The second-order valence-electron chi connectivity index (χ2n) is 5.04. The Labute approximate surface area is 91.7 Å². The molecule has 4 nitrogen and oxygen atoms in total. The molecule has 2 rings (SSSR count). The zero-order valence-corrected chi connectivity index (χ0v) is 10.0. The van der Waals surface area contributed by atoms with Gasteiger partial charge in [-0.3, -0.25) is 0 Å². The lowest BCUT2D eigenvalue weighted by Crippen LogP contribution is -2.47. The maximum Gasteiger partial charge on any atom is 0.153 e. The average Bonchev–Trinajstić information content (AvgIpc) is 2.32. The van der Waals surface area contributed by atoms with E-state index in [4.69, 9.17) is 5.73 Å². The maximum absolute atomic E-state index is 11.4. The van der Waals surface area contributed by atoms with Crippen molar-refractivity contribution in [3.8, 4) is 0 Å². The van der Waals surface area contributed by atoms with Gasteiger partial charge in [0.15, 0.2) is 9.84 Å². The van der Waals surface area contributed by atoms with Crippen LogP contribution < -0.4 is 5.73 Å². The molecule has 0 amide bonds. The third-order valence-corrected chi connectivity index (χ3v) is 5.44. The summed E-state index contributed by atoms with van der Waals surface area (Å²) in [6.07, 6.45) is 3.91. The summed E-state index contributed by atoms with van der Waals surface area (Å²) in [7, 11) is -0.877. The summed E-state index contributed by atoms with van der Waals surface area (Å²) in [5.74, 6) is 1.18. The van der Waals surface area contributed by atoms with Gasteiger partial charge in [0.1, 0.15) is 0 Å². The molecule has 1 aliphatic carbocycles. The van der Waals surface area contributed by atoms with Gasteiger partial charge in [-0.25, -0.2) is 8.42 Å². The van der Waals surface area contributed by atoms with Gasteiger partial charge in [0.05, 0.1) is 11.5 Å². The first-order chi connectivity index (χ1) is 6.98. The molecule has 88 valence electrons. The highest BCUT2D eigenvalue weighted by Gasteiger charge is 2.38. The second kappa shape index (κ2) is 4.03. The lowest BCUT2D eigenvalue weighted by molar-refractivity contribution is 0.163. The van der Waals surface area contributed by atoms with Gasteiger partial charge in [-0.15, -0.1) is 0 Å². The highest BCUT2D eigenvalue weighted by molar-refractivity contribution is 7.91. The van der Waals surface area contributed by atoms with E-state index >= 15 is 0 Å². The largest absolute Gasteiger partial charge is 0.325 e. The van der Waals surface area contributed by atoms with Crippen LogP contribution in [0.3, 0.4) is 0 Å². The Morgan fingerprint density at radius 2 is 2.00 bits per heavy atom. The number of likely N-dealkylation sites (N-methyl/N-ethyl adjacent to an activating group) is 1. The van der Waals surface area contributed by atoms with Crippen molar-refractivity contribution in [3.63, 3.8) is 0 Å². The normalized spacial score (nSPS) is 35.7. The topological polar surface area (TPSA) is 63.4 Å². The SMILES string of the molecule is CN(CC1CCC1)C1CS(=O)(=O)CC1N. The van der Waals surface area contributed by atoms with Crippen LogP contribution in [0, 0.1) is 5.92 Å². The van der Waals surface area contributed by atoms with Crippen LogP contribution in [-0.2, 0) is 9.84 Å². The van der Waals surface area contributed by atoms with E-state index in [1.807, 2.05) is 7.05 Å². The third-order valence-electron chi connectivity index (χ3n) is 3.70. The highest BCUT2D eigenvalue weighted by atomic mass is 32.2. The molecule has 2 aliphatic rings. The quantitative estimate of drug-likeness (QED) is 0.734. The second-order valence-corrected chi connectivity index (χ2v) is 7.20. The van der Waals surface area contributed by atoms with Crippen molar-refractivity contribution in [1.82, 2.24) is 4.90 Å². The van der Waals surface area contributed by atoms with Gasteiger partial charge in [-0.2, -0.15) is 0 Å². The zero-order valence-electron chi connectivity index (χ0n) is 9.22. The number of hydrogen-bond donors (Lipinski definition) is 1. The molecule has 0 bridgehead atoms. The summed E-state index contributed by atoms with van der Waals surface area (Å²) in [5, 5.41) is 0. The summed E-state index contributed by atoms with van der Waals surface area (Å²) in [4.78, 5) is 2.15. The molecule has 5 heteroatoms. The molecule has 0 aromatic rings. The van der Waals surface area contributed by atoms with Gasteiger partial charge in [0.25, 0.3) is 0 Å². The van der Waals surface area contributed by atoms with E-state index in [1.165, 1.54) is 19.3 Å². The molecule has 0 radical (unpaired) electrons. The van der Waals surface area contributed by atoms with Gasteiger partial charge >= 0.3 is 0 Å². The molecule has 2 N–H and O–H groups in total. The van der Waals surface area contributed by atoms with E-state index in [-0.39, 0.29) is 23.6 Å². The summed E-state index contributed by atoms with van der Waals surface area (Å²) < 4.78 is 22.8. The van der Waals surface area contributed by atoms with Crippen LogP contribution in [0.4, 0.5) is 0 Å². The monoisotopic (exact) mass is 232 g/mol. The Balaban J connectivity index is 1.92. The van der Waals surface area contributed by atoms with Gasteiger partial charge in [-0.05, 0) is 25.8 Å². The molecule has 2 fully saturated rings. The molecule has 1 saturated heterocycles. The maximum atomic E-state index is 11.4. The molecular weight excluding hydrogens is 212 g/mol. The van der Waals surface area contributed by atoms with Crippen molar-refractivity contribution >= 4 is 9.84 Å². The summed E-state index contributed by atoms with van der Waals surface area (Å²) in [6.45, 7) is 1.01. The first-order valence-electron chi connectivity index (χ1n) is 5.64. The minimum atomic E-state index is -2.88. The summed E-state index contributed by atoms with van der Waals surface area (Å²) >= 11 is 0. The molecule has 2 unspecified atom stereocenters. The molecule has 1 saturated carbocycles. The number of nitrogens with two attached hydrogens (primary N) is 1. The first kappa shape index (κ1) is 11.4. The molecule has 1 heterocycles. The summed E-state index contributed by atoms with van der Waals surface area (Å²) in [6, 6.07) is -0.157. The molecular formula is C10H20N2O2S. The number of rotatable bonds is 3. The average molecular weight is 232 g/mol. The molecule has 0 aromatic heterocycles. The Hall–Kier alpha value is -0.130. The van der Waals surface area contributed by atoms with Crippen LogP contribution in [0.15, 0.2) is 0 Å². The van der Waals surface area contributed by atoms with Crippen molar-refractivity contribution in [2.75, 3.05) is 25.1 Å². The predicted molar refractivity (Wildman–Crippen MR) is 60.4 cm³/mol. The van der Waals surface area contributed by atoms with Crippen molar-refractivity contribution in [3.05, 3.63) is 0 Å². The van der Waals surface area contributed by atoms with E-state index in [0.717, 1.165) is 12.5 Å². The van der Waals surface area contributed by atoms with Crippen LogP contribution in [0.25, 0.3) is 0 Å². The van der Waals surface area contributed by atoms with Crippen LogP contribution in [-0.4, -0.2) is 50.5 Å². The molecule has 0 aromatic carbocycles.